The molecule has 1 aliphatic rings. The minimum absolute atomic E-state index is 0.00855. The van der Waals surface area contributed by atoms with E-state index in [1.165, 1.54) is 18.4 Å². The van der Waals surface area contributed by atoms with Crippen LogP contribution in [0.2, 0.25) is 0 Å². The van der Waals surface area contributed by atoms with E-state index >= 15 is 0 Å². The van der Waals surface area contributed by atoms with Crippen LogP contribution in [-0.2, 0) is 14.3 Å². The number of esters is 2. The first-order valence-electron chi connectivity index (χ1n) is 8.85. The third-order valence-corrected chi connectivity index (χ3v) is 4.23. The van der Waals surface area contributed by atoms with Crippen LogP contribution in [0.15, 0.2) is 52.3 Å². The summed E-state index contributed by atoms with van der Waals surface area (Å²) >= 11 is 0. The van der Waals surface area contributed by atoms with E-state index in [1.54, 1.807) is 26.0 Å². The molecular weight excluding hydrogens is 383 g/mol. The lowest BCUT2D eigenvalue weighted by Crippen LogP contribution is -2.47. The van der Waals surface area contributed by atoms with Crippen molar-refractivity contribution in [3.05, 3.63) is 70.6 Å². The Labute approximate surface area is 165 Å². The Hall–Kier alpha value is -3.62. The molecular formula is C20H19FN2O6. The van der Waals surface area contributed by atoms with Gasteiger partial charge in [-0.3, -0.25) is 0 Å². The number of carbonyl (C=O) groups excluding carboxylic acids is 3. The number of rotatable bonds is 6. The SMILES string of the molecule is CCOC(=O)C1=C(COC(=O)c2ccc(C)c(F)c2)NC(=O)NC1c1ccco1. The van der Waals surface area contributed by atoms with Gasteiger partial charge < -0.3 is 24.5 Å². The van der Waals surface area contributed by atoms with E-state index in [1.807, 2.05) is 0 Å². The zero-order valence-electron chi connectivity index (χ0n) is 15.8. The highest BCUT2D eigenvalue weighted by Gasteiger charge is 2.35. The van der Waals surface area contributed by atoms with Crippen LogP contribution < -0.4 is 10.6 Å². The summed E-state index contributed by atoms with van der Waals surface area (Å²) in [5.41, 5.74) is 0.494. The van der Waals surface area contributed by atoms with E-state index < -0.39 is 36.4 Å². The lowest BCUT2D eigenvalue weighted by molar-refractivity contribution is -0.139. The van der Waals surface area contributed by atoms with Crippen LogP contribution >= 0.6 is 0 Å². The van der Waals surface area contributed by atoms with Gasteiger partial charge >= 0.3 is 18.0 Å². The van der Waals surface area contributed by atoms with Gasteiger partial charge in [0, 0.05) is 0 Å². The largest absolute Gasteiger partial charge is 0.467 e. The average molecular weight is 402 g/mol. The number of furan rings is 1. The lowest BCUT2D eigenvalue weighted by atomic mass is 10.0. The van der Waals surface area contributed by atoms with Crippen LogP contribution in [0, 0.1) is 12.7 Å². The van der Waals surface area contributed by atoms with Gasteiger partial charge in [-0.2, -0.15) is 0 Å². The van der Waals surface area contributed by atoms with Crippen molar-refractivity contribution in [1.29, 1.82) is 0 Å². The molecule has 8 nitrogen and oxygen atoms in total. The van der Waals surface area contributed by atoms with Crippen molar-refractivity contribution in [3.63, 3.8) is 0 Å². The molecule has 1 aromatic carbocycles. The molecule has 2 aromatic rings. The maximum absolute atomic E-state index is 13.7. The predicted molar refractivity (Wildman–Crippen MR) is 98.2 cm³/mol. The van der Waals surface area contributed by atoms with Crippen molar-refractivity contribution in [2.24, 2.45) is 0 Å². The number of halogens is 1. The van der Waals surface area contributed by atoms with Crippen LogP contribution in [0.1, 0.15) is 34.6 Å². The second-order valence-electron chi connectivity index (χ2n) is 6.20. The summed E-state index contributed by atoms with van der Waals surface area (Å²) < 4.78 is 29.3. The summed E-state index contributed by atoms with van der Waals surface area (Å²) in [7, 11) is 0. The molecule has 1 unspecified atom stereocenters. The first-order chi connectivity index (χ1) is 13.9. The molecule has 1 atom stereocenters. The second-order valence-corrected chi connectivity index (χ2v) is 6.20. The second kappa shape index (κ2) is 8.59. The zero-order chi connectivity index (χ0) is 21.0. The fraction of sp³-hybridized carbons (Fsp3) is 0.250. The number of aryl methyl sites for hydroxylation is 1. The normalized spacial score (nSPS) is 16.1. The number of amides is 2. The Bertz CT molecular complexity index is 967. The molecule has 1 aromatic heterocycles. The van der Waals surface area contributed by atoms with Crippen molar-refractivity contribution in [3.8, 4) is 0 Å². The maximum Gasteiger partial charge on any atom is 0.338 e. The van der Waals surface area contributed by atoms with Gasteiger partial charge in [-0.15, -0.1) is 0 Å². The van der Waals surface area contributed by atoms with E-state index in [0.717, 1.165) is 6.07 Å². The van der Waals surface area contributed by atoms with Gasteiger partial charge in [0.15, 0.2) is 0 Å². The molecule has 0 saturated heterocycles. The predicted octanol–water partition coefficient (Wildman–Crippen LogP) is 2.76. The van der Waals surface area contributed by atoms with Gasteiger partial charge in [0.05, 0.1) is 29.7 Å². The van der Waals surface area contributed by atoms with E-state index in [9.17, 15) is 18.8 Å². The minimum atomic E-state index is -0.914. The molecule has 0 radical (unpaired) electrons. The van der Waals surface area contributed by atoms with Crippen LogP contribution in [0.5, 0.6) is 0 Å². The summed E-state index contributed by atoms with van der Waals surface area (Å²) in [4.78, 5) is 36.8. The Balaban J connectivity index is 1.88. The van der Waals surface area contributed by atoms with Crippen LogP contribution in [0.4, 0.5) is 9.18 Å². The smallest absolute Gasteiger partial charge is 0.338 e. The Morgan fingerprint density at radius 3 is 2.66 bits per heavy atom. The molecule has 0 bridgehead atoms. The van der Waals surface area contributed by atoms with Gasteiger partial charge in [0.2, 0.25) is 0 Å². The molecule has 0 fully saturated rings. The van der Waals surface area contributed by atoms with Crippen LogP contribution in [0.3, 0.4) is 0 Å². The van der Waals surface area contributed by atoms with Crippen molar-refractivity contribution in [1.82, 2.24) is 10.6 Å². The first-order valence-corrected chi connectivity index (χ1v) is 8.85. The molecule has 29 heavy (non-hydrogen) atoms. The first kappa shape index (κ1) is 20.1. The number of ether oxygens (including phenoxy) is 2. The van der Waals surface area contributed by atoms with Crippen molar-refractivity contribution in [2.75, 3.05) is 13.2 Å². The highest BCUT2D eigenvalue weighted by molar-refractivity contribution is 5.95. The number of benzene rings is 1. The zero-order valence-corrected chi connectivity index (χ0v) is 15.8. The molecule has 152 valence electrons. The van der Waals surface area contributed by atoms with E-state index in [2.05, 4.69) is 10.6 Å². The summed E-state index contributed by atoms with van der Waals surface area (Å²) in [6, 6.07) is 5.62. The molecule has 2 N–H and O–H groups in total. The van der Waals surface area contributed by atoms with Gasteiger partial charge in [-0.1, -0.05) is 6.07 Å². The quantitative estimate of drug-likeness (QED) is 0.720. The Morgan fingerprint density at radius 1 is 1.21 bits per heavy atom. The van der Waals surface area contributed by atoms with Crippen LogP contribution in [-0.4, -0.2) is 31.2 Å². The van der Waals surface area contributed by atoms with Gasteiger partial charge in [-0.05, 0) is 43.7 Å². The third kappa shape index (κ3) is 4.45. The third-order valence-electron chi connectivity index (χ3n) is 4.23. The lowest BCUT2D eigenvalue weighted by Gasteiger charge is -2.27. The number of hydrogen-bond donors (Lipinski definition) is 2. The average Bonchev–Trinajstić information content (AvgIpc) is 3.22. The highest BCUT2D eigenvalue weighted by Crippen LogP contribution is 2.28. The maximum atomic E-state index is 13.7. The molecule has 2 amide bonds. The number of nitrogens with one attached hydrogen (secondary N) is 2. The topological polar surface area (TPSA) is 107 Å². The minimum Gasteiger partial charge on any atom is -0.467 e. The van der Waals surface area contributed by atoms with Gasteiger partial charge in [-0.25, -0.2) is 18.8 Å². The molecule has 2 heterocycles. The molecule has 0 saturated carbocycles. The number of urea groups is 1. The fourth-order valence-corrected chi connectivity index (χ4v) is 2.79. The van der Waals surface area contributed by atoms with E-state index in [0.29, 0.717) is 11.3 Å². The Kier molecular flexibility index (Phi) is 5.96. The van der Waals surface area contributed by atoms with Crippen molar-refractivity contribution in [2.45, 2.75) is 19.9 Å². The highest BCUT2D eigenvalue weighted by atomic mass is 19.1. The number of hydrogen-bond acceptors (Lipinski definition) is 6. The summed E-state index contributed by atoms with van der Waals surface area (Å²) in [6.45, 7) is 2.89. The van der Waals surface area contributed by atoms with Gasteiger partial charge in [0.1, 0.15) is 24.2 Å². The summed E-state index contributed by atoms with van der Waals surface area (Å²) in [5.74, 6) is -1.73. The van der Waals surface area contributed by atoms with Gasteiger partial charge in [0.25, 0.3) is 0 Å². The molecule has 0 spiro atoms. The number of carbonyl (C=O) groups is 3. The van der Waals surface area contributed by atoms with Crippen LogP contribution in [0.25, 0.3) is 0 Å². The Morgan fingerprint density at radius 2 is 2.00 bits per heavy atom. The summed E-state index contributed by atoms with van der Waals surface area (Å²) in [6.07, 6.45) is 1.40. The molecule has 0 aliphatic carbocycles. The molecule has 3 rings (SSSR count). The molecule has 1 aliphatic heterocycles. The van der Waals surface area contributed by atoms with Crippen molar-refractivity contribution >= 4 is 18.0 Å². The summed E-state index contributed by atoms with van der Waals surface area (Å²) in [5, 5.41) is 5.04. The van der Waals surface area contributed by atoms with Crippen molar-refractivity contribution < 1.29 is 32.7 Å². The van der Waals surface area contributed by atoms with E-state index in [4.69, 9.17) is 13.9 Å². The standard InChI is InChI=1S/C20H19FN2O6/c1-3-27-19(25)16-14(22-20(26)23-17(16)15-5-4-8-28-15)10-29-18(24)12-7-6-11(2)13(21)9-12/h4-9,17H,3,10H2,1-2H3,(H2,22,23,26). The molecule has 9 heteroatoms. The monoisotopic (exact) mass is 402 g/mol. The fourth-order valence-electron chi connectivity index (χ4n) is 2.79. The van der Waals surface area contributed by atoms with E-state index in [-0.39, 0.29) is 23.4 Å².